The molecule has 56 heavy (non-hydrogen) atoms. The summed E-state index contributed by atoms with van der Waals surface area (Å²) < 4.78 is 6.10. The Bertz CT molecular complexity index is 1840. The zero-order valence-corrected chi connectivity index (χ0v) is 34.5. The number of aliphatic hydroxyl groups is 2. The number of aliphatic hydroxyl groups excluding tert-OH is 2. The molecule has 0 radical (unpaired) electrons. The lowest BCUT2D eigenvalue weighted by atomic mass is 9.45. The molecule has 0 unspecified atom stereocenters. The van der Waals surface area contributed by atoms with Gasteiger partial charge in [-0.15, -0.1) is 0 Å². The second-order valence-corrected chi connectivity index (χ2v) is 17.4. The molecular weight excluding hydrogens is 709 g/mol. The van der Waals surface area contributed by atoms with Gasteiger partial charge in [0.05, 0.1) is 26.4 Å². The Balaban J connectivity index is 1.28. The average Bonchev–Trinajstić information content (AvgIpc) is 3.53. The quantitative estimate of drug-likeness (QED) is 0.176. The molecule has 3 aliphatic carbocycles. The molecule has 3 saturated carbocycles. The number of hydroxylamine groups is 2. The Morgan fingerprint density at radius 3 is 2.46 bits per heavy atom. The van der Waals surface area contributed by atoms with Crippen molar-refractivity contribution in [2.24, 2.45) is 29.1 Å². The van der Waals surface area contributed by atoms with Crippen LogP contribution in [0.4, 0.5) is 5.69 Å². The number of nitrogens with one attached hydrogen (secondary N) is 2. The van der Waals surface area contributed by atoms with Crippen LogP contribution in [0.5, 0.6) is 5.75 Å². The maximum absolute atomic E-state index is 14.3. The molecule has 2 bridgehead atoms. The van der Waals surface area contributed by atoms with E-state index in [4.69, 9.17) is 9.57 Å². The van der Waals surface area contributed by atoms with Crippen molar-refractivity contribution in [2.45, 2.75) is 83.8 Å². The number of ether oxygens (including phenoxy) is 1. The number of hydrogen-bond acceptors (Lipinski definition) is 10. The number of methoxy groups -OCH3 is 1. The Labute approximate surface area is 332 Å². The fraction of sp³-hybridized carbons (Fsp3) is 0.568. The number of benzene rings is 2. The normalized spacial score (nSPS) is 26.6. The van der Waals surface area contributed by atoms with Crippen LogP contribution in [0.3, 0.4) is 0 Å². The van der Waals surface area contributed by atoms with Gasteiger partial charge in [-0.3, -0.25) is 19.4 Å². The lowest BCUT2D eigenvalue weighted by Crippen LogP contribution is -2.62. The van der Waals surface area contributed by atoms with Gasteiger partial charge in [0.1, 0.15) is 17.9 Å². The van der Waals surface area contributed by atoms with Gasteiger partial charge in [-0.2, -0.15) is 5.06 Å². The lowest BCUT2D eigenvalue weighted by molar-refractivity contribution is -0.183. The molecule has 304 valence electrons. The highest BCUT2D eigenvalue weighted by Gasteiger charge is 2.57. The largest absolute Gasteiger partial charge is 0.496 e. The number of likely N-dealkylation sites (N-methyl/N-ethyl adjacent to an activating group) is 1. The van der Waals surface area contributed by atoms with Crippen molar-refractivity contribution in [3.8, 4) is 16.9 Å². The molecule has 4 aliphatic rings. The highest BCUT2D eigenvalue weighted by molar-refractivity contribution is 5.97. The van der Waals surface area contributed by atoms with E-state index in [2.05, 4.69) is 41.3 Å². The molecule has 2 amide bonds. The molecule has 1 aromatic heterocycles. The highest BCUT2D eigenvalue weighted by Crippen LogP contribution is 2.61. The molecule has 12 nitrogen and oxygen atoms in total. The van der Waals surface area contributed by atoms with E-state index in [1.165, 1.54) is 6.42 Å². The van der Waals surface area contributed by atoms with E-state index in [0.29, 0.717) is 42.0 Å². The molecule has 4 N–H and O–H groups in total. The Morgan fingerprint density at radius 1 is 1.09 bits per heavy atom. The van der Waals surface area contributed by atoms with E-state index in [1.54, 1.807) is 25.3 Å². The first kappa shape index (κ1) is 41.6. The first-order valence-corrected chi connectivity index (χ1v) is 20.0. The number of carbonyl (C=O) groups is 2. The summed E-state index contributed by atoms with van der Waals surface area (Å²) in [6.07, 6.45) is 2.81. The summed E-state index contributed by atoms with van der Waals surface area (Å²) >= 11 is 0. The van der Waals surface area contributed by atoms with Crippen molar-refractivity contribution in [3.63, 3.8) is 0 Å². The SMILES string of the molecule is COc1c(CN2O[C@@H](CO)[C@@H]([C@H](C)O)[C@H]2C(=O)N[C@H]2C[C@@H]3C[C@H]([C@@H]2C)C3(C)C)cccc1-c1cc(C(=O)N[C@H](Cc2ccccn2)CN(C)C)cc(N(C)C)c1. The molecule has 2 heterocycles. The van der Waals surface area contributed by atoms with E-state index in [9.17, 15) is 19.8 Å². The molecule has 4 fully saturated rings. The van der Waals surface area contributed by atoms with Gasteiger partial charge in [0.2, 0.25) is 5.91 Å². The van der Waals surface area contributed by atoms with Gasteiger partial charge in [0, 0.05) is 79.3 Å². The first-order chi connectivity index (χ1) is 26.6. The Morgan fingerprint density at radius 2 is 1.86 bits per heavy atom. The molecule has 3 aromatic rings. The third kappa shape index (κ3) is 8.60. The lowest BCUT2D eigenvalue weighted by Gasteiger charge is -2.62. The maximum atomic E-state index is 14.3. The van der Waals surface area contributed by atoms with Crippen LogP contribution in [-0.2, 0) is 22.6 Å². The summed E-state index contributed by atoms with van der Waals surface area (Å²) in [6.45, 7) is 9.01. The number of para-hydroxylation sites is 1. The van der Waals surface area contributed by atoms with Gasteiger partial charge in [-0.05, 0) is 92.9 Å². The van der Waals surface area contributed by atoms with Crippen LogP contribution in [0.15, 0.2) is 60.8 Å². The minimum absolute atomic E-state index is 0.0327. The topological polar surface area (TPSA) is 140 Å². The third-order valence-corrected chi connectivity index (χ3v) is 12.8. The zero-order chi connectivity index (χ0) is 40.5. The summed E-state index contributed by atoms with van der Waals surface area (Å²) in [6, 6.07) is 16.4. The molecule has 7 rings (SSSR count). The van der Waals surface area contributed by atoms with E-state index in [0.717, 1.165) is 34.5 Å². The van der Waals surface area contributed by atoms with Crippen LogP contribution >= 0.6 is 0 Å². The van der Waals surface area contributed by atoms with Crippen molar-refractivity contribution < 1.29 is 29.4 Å². The fourth-order valence-electron chi connectivity index (χ4n) is 9.63. The molecular formula is C44H62N6O6. The maximum Gasteiger partial charge on any atom is 0.251 e. The minimum Gasteiger partial charge on any atom is -0.496 e. The Hall–Kier alpha value is -4.07. The molecule has 0 spiro atoms. The standard InChI is InChI=1S/C44H62N6O6/c1-26-36-20-31(44(36,3)4)21-37(26)47-43(54)40-39(27(2)52)38(25-51)56-50(40)23-28-13-12-15-35(41(28)55-9)29-17-30(19-34(18-29)49(7)8)42(53)46-33(24-48(5)6)22-32-14-10-11-16-45-32/h10-19,26-27,31,33,36-40,51-52H,20-25H2,1-9H3,(H,46,53)(H,47,54)/t26-,27-,31-,33+,36+,37-,38-,39+,40-/m0/s1. The first-order valence-electron chi connectivity index (χ1n) is 20.0. The van der Waals surface area contributed by atoms with E-state index >= 15 is 0 Å². The van der Waals surface area contributed by atoms with Crippen molar-refractivity contribution >= 4 is 17.5 Å². The van der Waals surface area contributed by atoms with E-state index in [1.807, 2.05) is 87.7 Å². The number of nitrogens with zero attached hydrogens (tertiary/aromatic N) is 4. The van der Waals surface area contributed by atoms with E-state index < -0.39 is 24.2 Å². The number of rotatable bonds is 15. The van der Waals surface area contributed by atoms with Crippen molar-refractivity contribution in [1.29, 1.82) is 0 Å². The second kappa shape index (κ2) is 17.2. The zero-order valence-electron chi connectivity index (χ0n) is 34.5. The summed E-state index contributed by atoms with van der Waals surface area (Å²) in [5, 5.41) is 29.6. The van der Waals surface area contributed by atoms with Crippen LogP contribution in [-0.4, -0.2) is 116 Å². The number of aromatic nitrogens is 1. The monoisotopic (exact) mass is 770 g/mol. The number of amides is 2. The third-order valence-electron chi connectivity index (χ3n) is 12.8. The van der Waals surface area contributed by atoms with Crippen LogP contribution in [0.2, 0.25) is 0 Å². The van der Waals surface area contributed by atoms with Gasteiger partial charge < -0.3 is 35.4 Å². The summed E-state index contributed by atoms with van der Waals surface area (Å²) in [5.41, 5.74) is 4.84. The minimum atomic E-state index is -0.906. The predicted octanol–water partition coefficient (Wildman–Crippen LogP) is 4.39. The van der Waals surface area contributed by atoms with Gasteiger partial charge >= 0.3 is 0 Å². The second-order valence-electron chi connectivity index (χ2n) is 17.4. The summed E-state index contributed by atoms with van der Waals surface area (Å²) in [4.78, 5) is 43.1. The van der Waals surface area contributed by atoms with Gasteiger partial charge in [0.25, 0.3) is 5.91 Å². The molecule has 12 heteroatoms. The number of anilines is 1. The van der Waals surface area contributed by atoms with Crippen LogP contribution in [0.1, 0.15) is 62.2 Å². The Kier molecular flexibility index (Phi) is 12.8. The van der Waals surface area contributed by atoms with Crippen molar-refractivity contribution in [3.05, 3.63) is 77.6 Å². The molecule has 2 aromatic carbocycles. The van der Waals surface area contributed by atoms with E-state index in [-0.39, 0.29) is 42.5 Å². The summed E-state index contributed by atoms with van der Waals surface area (Å²) in [7, 11) is 9.45. The average molecular weight is 771 g/mol. The van der Waals surface area contributed by atoms with Crippen LogP contribution in [0.25, 0.3) is 11.1 Å². The van der Waals surface area contributed by atoms with Crippen LogP contribution < -0.4 is 20.3 Å². The fourth-order valence-corrected chi connectivity index (χ4v) is 9.63. The van der Waals surface area contributed by atoms with Gasteiger partial charge in [-0.1, -0.05) is 45.0 Å². The molecule has 1 saturated heterocycles. The smallest absolute Gasteiger partial charge is 0.251 e. The number of carbonyl (C=O) groups excluding carboxylic acids is 2. The highest BCUT2D eigenvalue weighted by atomic mass is 16.7. The van der Waals surface area contributed by atoms with Gasteiger partial charge in [0.15, 0.2) is 0 Å². The molecule has 1 aliphatic heterocycles. The number of pyridine rings is 1. The summed E-state index contributed by atoms with van der Waals surface area (Å²) in [5.74, 6) is 0.972. The number of fused-ring (bicyclic) bond motifs is 2. The van der Waals surface area contributed by atoms with Gasteiger partial charge in [-0.25, -0.2) is 0 Å². The number of hydrogen-bond donors (Lipinski definition) is 4. The van der Waals surface area contributed by atoms with Crippen molar-refractivity contribution in [1.82, 2.24) is 25.6 Å². The molecule has 9 atom stereocenters. The van der Waals surface area contributed by atoms with Crippen LogP contribution in [0, 0.1) is 29.1 Å². The van der Waals surface area contributed by atoms with Crippen molar-refractivity contribution in [2.75, 3.05) is 53.4 Å². The predicted molar refractivity (Wildman–Crippen MR) is 218 cm³/mol.